The number of tetrazole rings is 1. The lowest BCUT2D eigenvalue weighted by Gasteiger charge is -2.34. The van der Waals surface area contributed by atoms with Crippen LogP contribution in [0.15, 0.2) is 89.8 Å². The van der Waals surface area contributed by atoms with Gasteiger partial charge in [-0.3, -0.25) is 0 Å². The quantitative estimate of drug-likeness (QED) is 0.469. The monoisotopic (exact) mass is 446 g/mol. The van der Waals surface area contributed by atoms with Crippen LogP contribution in [0, 0.1) is 0 Å². The molecule has 1 saturated heterocycles. The Hall–Kier alpha value is -3.56. The normalized spacial score (nSPS) is 15.1. The molecule has 0 spiro atoms. The summed E-state index contributed by atoms with van der Waals surface area (Å²) in [5, 5.41) is 12.1. The lowest BCUT2D eigenvalue weighted by atomic mass is 10.1. The van der Waals surface area contributed by atoms with Crippen molar-refractivity contribution in [2.75, 3.05) is 31.1 Å². The van der Waals surface area contributed by atoms with Crippen LogP contribution in [0.5, 0.6) is 0 Å². The van der Waals surface area contributed by atoms with Crippen molar-refractivity contribution in [3.05, 3.63) is 84.9 Å². The van der Waals surface area contributed by atoms with Gasteiger partial charge in [-0.15, -0.1) is 0 Å². The molecule has 0 bridgehead atoms. The summed E-state index contributed by atoms with van der Waals surface area (Å²) < 4.78 is 29.6. The van der Waals surface area contributed by atoms with Gasteiger partial charge in [-0.25, -0.2) is 8.42 Å². The SMILES string of the molecule is O=S(=O)(c1ccc(-c2ccccc2)cc1)N1CCN(c2nnnn2-c2ccccc2)CC1. The largest absolute Gasteiger partial charge is 0.337 e. The number of rotatable bonds is 5. The molecule has 1 aromatic heterocycles. The summed E-state index contributed by atoms with van der Waals surface area (Å²) in [6.45, 7) is 1.75. The molecular formula is C23H22N6O2S. The zero-order valence-electron chi connectivity index (χ0n) is 17.3. The van der Waals surface area contributed by atoms with Gasteiger partial charge in [-0.05, 0) is 45.8 Å². The van der Waals surface area contributed by atoms with Gasteiger partial charge < -0.3 is 4.90 Å². The van der Waals surface area contributed by atoms with E-state index >= 15 is 0 Å². The van der Waals surface area contributed by atoms with E-state index in [1.54, 1.807) is 16.8 Å². The summed E-state index contributed by atoms with van der Waals surface area (Å²) in [5.74, 6) is 0.612. The van der Waals surface area contributed by atoms with Gasteiger partial charge in [0.05, 0.1) is 10.6 Å². The Morgan fingerprint density at radius 1 is 0.688 bits per heavy atom. The molecular weight excluding hydrogens is 424 g/mol. The zero-order chi connectivity index (χ0) is 22.0. The average Bonchev–Trinajstić information content (AvgIpc) is 3.35. The van der Waals surface area contributed by atoms with Crippen LogP contribution in [0.1, 0.15) is 0 Å². The van der Waals surface area contributed by atoms with E-state index in [1.165, 1.54) is 4.31 Å². The van der Waals surface area contributed by atoms with E-state index in [4.69, 9.17) is 0 Å². The van der Waals surface area contributed by atoms with Crippen LogP contribution in [-0.4, -0.2) is 59.1 Å². The maximum absolute atomic E-state index is 13.2. The third kappa shape index (κ3) is 3.88. The number of hydrogen-bond acceptors (Lipinski definition) is 6. The van der Waals surface area contributed by atoms with Crippen molar-refractivity contribution in [2.24, 2.45) is 0 Å². The van der Waals surface area contributed by atoms with Gasteiger partial charge in [-0.1, -0.05) is 65.8 Å². The molecule has 0 saturated carbocycles. The first-order chi connectivity index (χ1) is 15.6. The number of para-hydroxylation sites is 1. The molecule has 8 nitrogen and oxygen atoms in total. The van der Waals surface area contributed by atoms with Gasteiger partial charge in [-0.2, -0.15) is 8.99 Å². The fourth-order valence-corrected chi connectivity index (χ4v) is 5.27. The van der Waals surface area contributed by atoms with Crippen molar-refractivity contribution < 1.29 is 8.42 Å². The van der Waals surface area contributed by atoms with Gasteiger partial charge in [0.2, 0.25) is 16.0 Å². The number of hydrogen-bond donors (Lipinski definition) is 0. The summed E-state index contributed by atoms with van der Waals surface area (Å²) in [6.07, 6.45) is 0. The summed E-state index contributed by atoms with van der Waals surface area (Å²) >= 11 is 0. The maximum atomic E-state index is 13.2. The Morgan fingerprint density at radius 3 is 1.94 bits per heavy atom. The average molecular weight is 447 g/mol. The second-order valence-electron chi connectivity index (χ2n) is 7.51. The van der Waals surface area contributed by atoms with Crippen LogP contribution in [0.3, 0.4) is 0 Å². The molecule has 2 heterocycles. The zero-order valence-corrected chi connectivity index (χ0v) is 18.1. The van der Waals surface area contributed by atoms with Gasteiger partial charge in [0.25, 0.3) is 0 Å². The van der Waals surface area contributed by atoms with Gasteiger partial charge in [0.15, 0.2) is 0 Å². The minimum absolute atomic E-state index is 0.305. The van der Waals surface area contributed by atoms with E-state index in [0.717, 1.165) is 16.8 Å². The van der Waals surface area contributed by atoms with E-state index < -0.39 is 10.0 Å². The van der Waals surface area contributed by atoms with Crippen molar-refractivity contribution in [1.29, 1.82) is 0 Å². The van der Waals surface area contributed by atoms with Crippen molar-refractivity contribution >= 4 is 16.0 Å². The highest BCUT2D eigenvalue weighted by atomic mass is 32.2. The van der Waals surface area contributed by atoms with Crippen molar-refractivity contribution in [1.82, 2.24) is 24.5 Å². The molecule has 0 N–H and O–H groups in total. The number of anilines is 1. The van der Waals surface area contributed by atoms with Crippen LogP contribution < -0.4 is 4.90 Å². The van der Waals surface area contributed by atoms with Crippen LogP contribution in [0.4, 0.5) is 5.95 Å². The maximum Gasteiger partial charge on any atom is 0.250 e. The molecule has 1 aliphatic heterocycles. The molecule has 0 amide bonds. The number of sulfonamides is 1. The molecule has 4 aromatic rings. The predicted octanol–water partition coefficient (Wildman–Crippen LogP) is 2.84. The first-order valence-corrected chi connectivity index (χ1v) is 11.8. The molecule has 9 heteroatoms. The Bertz CT molecular complexity index is 1280. The lowest BCUT2D eigenvalue weighted by Crippen LogP contribution is -2.49. The van der Waals surface area contributed by atoms with Gasteiger partial charge in [0.1, 0.15) is 0 Å². The second-order valence-corrected chi connectivity index (χ2v) is 9.45. The molecule has 3 aromatic carbocycles. The van der Waals surface area contributed by atoms with Crippen LogP contribution >= 0.6 is 0 Å². The first kappa shape index (κ1) is 20.3. The van der Waals surface area contributed by atoms with E-state index in [1.807, 2.05) is 77.7 Å². The van der Waals surface area contributed by atoms with E-state index in [9.17, 15) is 8.42 Å². The molecule has 0 unspecified atom stereocenters. The third-order valence-corrected chi connectivity index (χ3v) is 7.49. The molecule has 162 valence electrons. The van der Waals surface area contributed by atoms with E-state index in [0.29, 0.717) is 37.0 Å². The Balaban J connectivity index is 1.30. The smallest absolute Gasteiger partial charge is 0.250 e. The highest BCUT2D eigenvalue weighted by Crippen LogP contribution is 2.24. The fourth-order valence-electron chi connectivity index (χ4n) is 3.84. The number of nitrogens with zero attached hydrogens (tertiary/aromatic N) is 6. The van der Waals surface area contributed by atoms with Crippen molar-refractivity contribution in [3.8, 4) is 16.8 Å². The van der Waals surface area contributed by atoms with Gasteiger partial charge in [0, 0.05) is 26.2 Å². The number of benzene rings is 3. The number of piperazine rings is 1. The second kappa shape index (κ2) is 8.52. The third-order valence-electron chi connectivity index (χ3n) is 5.57. The van der Waals surface area contributed by atoms with Gasteiger partial charge >= 0.3 is 0 Å². The lowest BCUT2D eigenvalue weighted by molar-refractivity contribution is 0.381. The van der Waals surface area contributed by atoms with E-state index in [2.05, 4.69) is 15.5 Å². The topological polar surface area (TPSA) is 84.2 Å². The molecule has 0 aliphatic carbocycles. The highest BCUT2D eigenvalue weighted by Gasteiger charge is 2.30. The van der Waals surface area contributed by atoms with Crippen LogP contribution in [0.2, 0.25) is 0 Å². The standard InChI is InChI=1S/C23H22N6O2S/c30-32(31,22-13-11-20(12-14-22)19-7-3-1-4-8-19)28-17-15-27(16-18-28)23-24-25-26-29(23)21-9-5-2-6-10-21/h1-14H,15-18H2. The Labute approximate surface area is 186 Å². The van der Waals surface area contributed by atoms with Crippen LogP contribution in [-0.2, 0) is 10.0 Å². The molecule has 1 fully saturated rings. The Kier molecular flexibility index (Phi) is 5.42. The molecule has 1 aliphatic rings. The Morgan fingerprint density at radius 2 is 1.28 bits per heavy atom. The fraction of sp³-hybridized carbons (Fsp3) is 0.174. The molecule has 0 radical (unpaired) electrons. The van der Waals surface area contributed by atoms with E-state index in [-0.39, 0.29) is 0 Å². The minimum atomic E-state index is -3.57. The summed E-state index contributed by atoms with van der Waals surface area (Å²) in [4.78, 5) is 2.32. The minimum Gasteiger partial charge on any atom is -0.337 e. The molecule has 32 heavy (non-hydrogen) atoms. The predicted molar refractivity (Wildman–Crippen MR) is 122 cm³/mol. The molecule has 0 atom stereocenters. The first-order valence-electron chi connectivity index (χ1n) is 10.4. The summed E-state index contributed by atoms with van der Waals surface area (Å²) in [7, 11) is -3.57. The summed E-state index contributed by atoms with van der Waals surface area (Å²) in [6, 6.07) is 26.6. The highest BCUT2D eigenvalue weighted by molar-refractivity contribution is 7.89. The summed E-state index contributed by atoms with van der Waals surface area (Å²) in [5.41, 5.74) is 2.91. The van der Waals surface area contributed by atoms with Crippen LogP contribution in [0.25, 0.3) is 16.8 Å². The van der Waals surface area contributed by atoms with Crippen molar-refractivity contribution in [3.63, 3.8) is 0 Å². The van der Waals surface area contributed by atoms with Crippen molar-refractivity contribution in [2.45, 2.75) is 4.90 Å². The number of aromatic nitrogens is 4. The molecule has 5 rings (SSSR count).